The fourth-order valence-electron chi connectivity index (χ4n) is 2.90. The molecular formula is C22H30N2O4S. The Morgan fingerprint density at radius 3 is 2.45 bits per heavy atom. The van der Waals surface area contributed by atoms with Gasteiger partial charge in [0.15, 0.2) is 6.10 Å². The van der Waals surface area contributed by atoms with Gasteiger partial charge in [-0.25, -0.2) is 8.42 Å². The molecule has 1 N–H and O–H groups in total. The molecule has 0 aromatic heterocycles. The average molecular weight is 419 g/mol. The Balaban J connectivity index is 1.84. The first-order valence-electron chi connectivity index (χ1n) is 9.74. The van der Waals surface area contributed by atoms with E-state index in [2.05, 4.69) is 30.4 Å². The van der Waals surface area contributed by atoms with Gasteiger partial charge in [-0.05, 0) is 56.0 Å². The van der Waals surface area contributed by atoms with Crippen LogP contribution >= 0.6 is 0 Å². The minimum absolute atomic E-state index is 0.144. The number of amides is 1. The number of rotatable bonds is 10. The van der Waals surface area contributed by atoms with E-state index in [1.165, 1.54) is 22.5 Å². The molecule has 2 aromatic rings. The molecular weight excluding hydrogens is 388 g/mol. The van der Waals surface area contributed by atoms with Crippen molar-refractivity contribution in [2.75, 3.05) is 24.2 Å². The van der Waals surface area contributed by atoms with E-state index in [0.717, 1.165) is 19.1 Å². The van der Waals surface area contributed by atoms with Gasteiger partial charge in [0, 0.05) is 13.6 Å². The predicted octanol–water partition coefficient (Wildman–Crippen LogP) is 3.30. The Kier molecular flexibility index (Phi) is 8.08. The maximum atomic E-state index is 12.4. The number of hydrogen-bond donors (Lipinski definition) is 1. The third kappa shape index (κ3) is 7.09. The number of aryl methyl sites for hydroxylation is 2. The first-order chi connectivity index (χ1) is 13.7. The monoisotopic (exact) mass is 418 g/mol. The number of nitrogens with zero attached hydrogens (tertiary/aromatic N) is 1. The Labute approximate surface area is 173 Å². The van der Waals surface area contributed by atoms with E-state index in [9.17, 15) is 13.2 Å². The van der Waals surface area contributed by atoms with E-state index in [4.69, 9.17) is 4.74 Å². The largest absolute Gasteiger partial charge is 0.481 e. The average Bonchev–Trinajstić information content (AvgIpc) is 2.68. The van der Waals surface area contributed by atoms with E-state index in [1.54, 1.807) is 24.3 Å². The molecule has 0 aliphatic rings. The number of carbonyl (C=O) groups is 1. The van der Waals surface area contributed by atoms with Gasteiger partial charge in [0.05, 0.1) is 11.9 Å². The lowest BCUT2D eigenvalue weighted by Crippen LogP contribution is -2.38. The van der Waals surface area contributed by atoms with Crippen LogP contribution in [0.25, 0.3) is 0 Å². The number of sulfonamides is 1. The van der Waals surface area contributed by atoms with Crippen molar-refractivity contribution >= 4 is 21.6 Å². The van der Waals surface area contributed by atoms with Gasteiger partial charge in [-0.1, -0.05) is 36.8 Å². The van der Waals surface area contributed by atoms with Gasteiger partial charge in [0.25, 0.3) is 5.91 Å². The molecule has 0 unspecified atom stereocenters. The van der Waals surface area contributed by atoms with Crippen LogP contribution in [-0.2, 0) is 21.2 Å². The zero-order chi connectivity index (χ0) is 21.4. The van der Waals surface area contributed by atoms with Crippen molar-refractivity contribution < 1.29 is 17.9 Å². The van der Waals surface area contributed by atoms with Crippen LogP contribution in [0.1, 0.15) is 30.9 Å². The molecule has 0 radical (unpaired) electrons. The molecule has 6 nitrogen and oxygen atoms in total. The highest BCUT2D eigenvalue weighted by Gasteiger charge is 2.18. The number of ether oxygens (including phenoxy) is 1. The quantitative estimate of drug-likeness (QED) is 0.601. The minimum atomic E-state index is -3.32. The van der Waals surface area contributed by atoms with Crippen molar-refractivity contribution in [1.29, 1.82) is 0 Å². The second-order valence-electron chi connectivity index (χ2n) is 7.12. The summed E-state index contributed by atoms with van der Waals surface area (Å²) in [6, 6.07) is 15.0. The summed E-state index contributed by atoms with van der Waals surface area (Å²) in [4.78, 5) is 12.4. The maximum absolute atomic E-state index is 12.4. The second-order valence-corrected chi connectivity index (χ2v) is 9.14. The first kappa shape index (κ1) is 22.7. The normalized spacial score (nSPS) is 12.3. The molecule has 158 valence electrons. The molecule has 1 amide bonds. The van der Waals surface area contributed by atoms with Crippen molar-refractivity contribution in [2.24, 2.45) is 0 Å². The zero-order valence-corrected chi connectivity index (χ0v) is 18.3. The molecule has 0 spiro atoms. The summed E-state index contributed by atoms with van der Waals surface area (Å²) in [6.45, 7) is 4.55. The lowest BCUT2D eigenvalue weighted by atomic mass is 10.1. The standard InChI is InChI=1S/C22H30N2O4S/c1-5-21(22(25)23-15-7-10-18-9-6-8-17(2)16-18)28-20-13-11-19(12-14-20)24(3)29(4,26)27/h6,8-9,11-14,16,21H,5,7,10,15H2,1-4H3,(H,23,25)/t21-/m1/s1. The Hall–Kier alpha value is -2.54. The Morgan fingerprint density at radius 2 is 1.86 bits per heavy atom. The van der Waals surface area contributed by atoms with Crippen LogP contribution in [0.15, 0.2) is 48.5 Å². The van der Waals surface area contributed by atoms with Gasteiger partial charge >= 0.3 is 0 Å². The summed E-state index contributed by atoms with van der Waals surface area (Å²) in [6.07, 6.45) is 2.86. The summed E-state index contributed by atoms with van der Waals surface area (Å²) in [5, 5.41) is 2.94. The van der Waals surface area contributed by atoms with Crippen molar-refractivity contribution in [2.45, 2.75) is 39.2 Å². The molecule has 0 saturated heterocycles. The fraction of sp³-hybridized carbons (Fsp3) is 0.409. The summed E-state index contributed by atoms with van der Waals surface area (Å²) in [5.74, 6) is 0.381. The molecule has 0 aliphatic heterocycles. The molecule has 0 heterocycles. The van der Waals surface area contributed by atoms with Gasteiger partial charge in [-0.3, -0.25) is 9.10 Å². The van der Waals surface area contributed by atoms with Crippen LogP contribution in [0.3, 0.4) is 0 Å². The fourth-order valence-corrected chi connectivity index (χ4v) is 3.40. The van der Waals surface area contributed by atoms with E-state index >= 15 is 0 Å². The predicted molar refractivity (Wildman–Crippen MR) is 117 cm³/mol. The Bertz CT molecular complexity index is 911. The van der Waals surface area contributed by atoms with Crippen LogP contribution < -0.4 is 14.4 Å². The van der Waals surface area contributed by atoms with Crippen LogP contribution in [0.2, 0.25) is 0 Å². The van der Waals surface area contributed by atoms with Crippen molar-refractivity contribution in [1.82, 2.24) is 5.32 Å². The zero-order valence-electron chi connectivity index (χ0n) is 17.5. The third-order valence-corrected chi connectivity index (χ3v) is 5.87. The SMILES string of the molecule is CC[C@@H](Oc1ccc(N(C)S(C)(=O)=O)cc1)C(=O)NCCCc1cccc(C)c1. The number of benzene rings is 2. The molecule has 0 aliphatic carbocycles. The molecule has 0 fully saturated rings. The van der Waals surface area contributed by atoms with Crippen molar-refractivity contribution in [3.63, 3.8) is 0 Å². The van der Waals surface area contributed by atoms with E-state index in [0.29, 0.717) is 24.4 Å². The summed E-state index contributed by atoms with van der Waals surface area (Å²) >= 11 is 0. The third-order valence-electron chi connectivity index (χ3n) is 4.66. The summed E-state index contributed by atoms with van der Waals surface area (Å²) < 4.78 is 30.2. The van der Waals surface area contributed by atoms with Crippen LogP contribution in [-0.4, -0.2) is 40.3 Å². The molecule has 2 rings (SSSR count). The lowest BCUT2D eigenvalue weighted by molar-refractivity contribution is -0.128. The number of anilines is 1. The van der Waals surface area contributed by atoms with Gasteiger partial charge in [-0.2, -0.15) is 0 Å². The maximum Gasteiger partial charge on any atom is 0.261 e. The highest BCUT2D eigenvalue weighted by Crippen LogP contribution is 2.21. The number of nitrogens with one attached hydrogen (secondary N) is 1. The van der Waals surface area contributed by atoms with Crippen LogP contribution in [0.5, 0.6) is 5.75 Å². The summed E-state index contributed by atoms with van der Waals surface area (Å²) in [5.41, 5.74) is 3.04. The molecule has 0 bridgehead atoms. The highest BCUT2D eigenvalue weighted by molar-refractivity contribution is 7.92. The van der Waals surface area contributed by atoms with Gasteiger partial charge in [0.2, 0.25) is 10.0 Å². The molecule has 7 heteroatoms. The van der Waals surface area contributed by atoms with Crippen LogP contribution in [0.4, 0.5) is 5.69 Å². The van der Waals surface area contributed by atoms with Gasteiger partial charge in [-0.15, -0.1) is 0 Å². The molecule has 2 aromatic carbocycles. The minimum Gasteiger partial charge on any atom is -0.481 e. The van der Waals surface area contributed by atoms with E-state index in [-0.39, 0.29) is 5.91 Å². The second kappa shape index (κ2) is 10.3. The first-order valence-corrected chi connectivity index (χ1v) is 11.6. The van der Waals surface area contributed by atoms with Crippen molar-refractivity contribution in [3.8, 4) is 5.75 Å². The molecule has 1 atom stereocenters. The highest BCUT2D eigenvalue weighted by atomic mass is 32.2. The topological polar surface area (TPSA) is 75.7 Å². The van der Waals surface area contributed by atoms with E-state index < -0.39 is 16.1 Å². The molecule has 0 saturated carbocycles. The van der Waals surface area contributed by atoms with Gasteiger partial charge < -0.3 is 10.1 Å². The van der Waals surface area contributed by atoms with E-state index in [1.807, 2.05) is 13.0 Å². The number of carbonyl (C=O) groups excluding carboxylic acids is 1. The van der Waals surface area contributed by atoms with Crippen LogP contribution in [0, 0.1) is 6.92 Å². The number of hydrogen-bond acceptors (Lipinski definition) is 4. The lowest BCUT2D eigenvalue weighted by Gasteiger charge is -2.19. The molecule has 29 heavy (non-hydrogen) atoms. The summed E-state index contributed by atoms with van der Waals surface area (Å²) in [7, 11) is -1.83. The smallest absolute Gasteiger partial charge is 0.261 e. The van der Waals surface area contributed by atoms with Gasteiger partial charge in [0.1, 0.15) is 5.75 Å². The van der Waals surface area contributed by atoms with Crippen molar-refractivity contribution in [3.05, 3.63) is 59.7 Å². The Morgan fingerprint density at radius 1 is 1.17 bits per heavy atom.